The molecule has 2 aromatic rings. The molecule has 5 heteroatoms. The number of allylic oxidation sites excluding steroid dienone is 1. The molecule has 4 nitrogen and oxygen atoms in total. The summed E-state index contributed by atoms with van der Waals surface area (Å²) in [6, 6.07) is 3.83. The van der Waals surface area contributed by atoms with E-state index in [0.29, 0.717) is 23.6 Å². The van der Waals surface area contributed by atoms with E-state index < -0.39 is 0 Å². The summed E-state index contributed by atoms with van der Waals surface area (Å²) in [6.07, 6.45) is 2.44. The molecular formula is C11H11N3OS. The predicted octanol–water partition coefficient (Wildman–Crippen LogP) is 2.19. The maximum atomic E-state index is 11.0. The van der Waals surface area contributed by atoms with Crippen LogP contribution < -0.4 is 5.73 Å². The first-order valence-corrected chi connectivity index (χ1v) is 5.62. The zero-order chi connectivity index (χ0) is 11.5. The third-order valence-corrected chi connectivity index (χ3v) is 3.08. The second-order valence-corrected chi connectivity index (χ2v) is 4.16. The molecule has 0 aliphatic carbocycles. The number of nitrogens with zero attached hydrogens (tertiary/aromatic N) is 2. The molecule has 0 saturated heterocycles. The molecule has 0 atom stereocenters. The summed E-state index contributed by atoms with van der Waals surface area (Å²) in [7, 11) is 0. The Kier molecular flexibility index (Phi) is 2.87. The van der Waals surface area contributed by atoms with Crippen LogP contribution in [-0.4, -0.2) is 16.1 Å². The quantitative estimate of drug-likeness (QED) is 0.650. The molecule has 2 rings (SSSR count). The van der Waals surface area contributed by atoms with Crippen molar-refractivity contribution in [1.29, 1.82) is 0 Å². The van der Waals surface area contributed by atoms with E-state index in [0.717, 1.165) is 11.2 Å². The number of hydrogen-bond donors (Lipinski definition) is 1. The molecule has 0 radical (unpaired) electrons. The van der Waals surface area contributed by atoms with Crippen molar-refractivity contribution >= 4 is 23.4 Å². The van der Waals surface area contributed by atoms with Crippen LogP contribution in [0.2, 0.25) is 0 Å². The SMILES string of the molecule is C=CCn1nc(-c2cccs2)c(C=O)c1N. The largest absolute Gasteiger partial charge is 0.383 e. The number of nitrogens with two attached hydrogens (primary N) is 1. The Bertz CT molecular complexity index is 514. The van der Waals surface area contributed by atoms with Crippen LogP contribution in [0.25, 0.3) is 10.6 Å². The average Bonchev–Trinajstić information content (AvgIpc) is 2.88. The van der Waals surface area contributed by atoms with Crippen molar-refractivity contribution in [1.82, 2.24) is 9.78 Å². The summed E-state index contributed by atoms with van der Waals surface area (Å²) >= 11 is 1.53. The molecular weight excluding hydrogens is 222 g/mol. The highest BCUT2D eigenvalue weighted by molar-refractivity contribution is 7.13. The maximum Gasteiger partial charge on any atom is 0.156 e. The Morgan fingerprint density at radius 1 is 1.62 bits per heavy atom. The summed E-state index contributed by atoms with van der Waals surface area (Å²) in [4.78, 5) is 11.9. The number of carbonyl (C=O) groups excluding carboxylic acids is 1. The average molecular weight is 233 g/mol. The van der Waals surface area contributed by atoms with Gasteiger partial charge in [0.15, 0.2) is 6.29 Å². The number of aldehydes is 1. The molecule has 0 amide bonds. The monoisotopic (exact) mass is 233 g/mol. The minimum Gasteiger partial charge on any atom is -0.383 e. The molecule has 0 aliphatic heterocycles. The number of hydrogen-bond acceptors (Lipinski definition) is 4. The van der Waals surface area contributed by atoms with Crippen molar-refractivity contribution in [3.05, 3.63) is 35.7 Å². The smallest absolute Gasteiger partial charge is 0.156 e. The van der Waals surface area contributed by atoms with Gasteiger partial charge in [-0.2, -0.15) is 5.10 Å². The zero-order valence-electron chi connectivity index (χ0n) is 8.59. The van der Waals surface area contributed by atoms with Crippen LogP contribution in [-0.2, 0) is 6.54 Å². The van der Waals surface area contributed by atoms with Gasteiger partial charge in [-0.1, -0.05) is 12.1 Å². The topological polar surface area (TPSA) is 60.9 Å². The van der Waals surface area contributed by atoms with E-state index in [9.17, 15) is 4.79 Å². The molecule has 0 aromatic carbocycles. The van der Waals surface area contributed by atoms with Crippen molar-refractivity contribution in [2.75, 3.05) is 5.73 Å². The van der Waals surface area contributed by atoms with Crippen LogP contribution in [0.15, 0.2) is 30.2 Å². The van der Waals surface area contributed by atoms with Gasteiger partial charge in [-0.15, -0.1) is 17.9 Å². The minimum atomic E-state index is 0.387. The molecule has 2 heterocycles. The fourth-order valence-corrected chi connectivity index (χ4v) is 2.19. The van der Waals surface area contributed by atoms with Crippen LogP contribution in [0.3, 0.4) is 0 Å². The fraction of sp³-hybridized carbons (Fsp3) is 0.0909. The van der Waals surface area contributed by atoms with Gasteiger partial charge in [-0.05, 0) is 11.4 Å². The zero-order valence-corrected chi connectivity index (χ0v) is 9.41. The second-order valence-electron chi connectivity index (χ2n) is 3.21. The lowest BCUT2D eigenvalue weighted by Crippen LogP contribution is -2.03. The second kappa shape index (κ2) is 4.32. The van der Waals surface area contributed by atoms with E-state index in [4.69, 9.17) is 5.73 Å². The number of anilines is 1. The van der Waals surface area contributed by atoms with Crippen molar-refractivity contribution < 1.29 is 4.79 Å². The normalized spacial score (nSPS) is 10.2. The van der Waals surface area contributed by atoms with Crippen molar-refractivity contribution in [2.45, 2.75) is 6.54 Å². The number of carbonyl (C=O) groups is 1. The van der Waals surface area contributed by atoms with Crippen LogP contribution in [0, 0.1) is 0 Å². The fourth-order valence-electron chi connectivity index (χ4n) is 1.46. The van der Waals surface area contributed by atoms with Gasteiger partial charge in [0, 0.05) is 0 Å². The Hall–Kier alpha value is -1.88. The standard InChI is InChI=1S/C11H11N3OS/c1-2-5-14-11(12)8(7-15)10(13-14)9-4-3-6-16-9/h2-4,6-7H,1,5,12H2. The van der Waals surface area contributed by atoms with Gasteiger partial charge < -0.3 is 5.73 Å². The van der Waals surface area contributed by atoms with Gasteiger partial charge in [-0.25, -0.2) is 4.68 Å². The van der Waals surface area contributed by atoms with E-state index in [2.05, 4.69) is 11.7 Å². The van der Waals surface area contributed by atoms with Crippen LogP contribution in [0.1, 0.15) is 10.4 Å². The van der Waals surface area contributed by atoms with Gasteiger partial charge in [0.25, 0.3) is 0 Å². The Balaban J connectivity index is 2.57. The lowest BCUT2D eigenvalue weighted by molar-refractivity contribution is 0.112. The lowest BCUT2D eigenvalue weighted by atomic mass is 10.2. The Labute approximate surface area is 97.0 Å². The highest BCUT2D eigenvalue weighted by Crippen LogP contribution is 2.29. The third kappa shape index (κ3) is 1.65. The first-order chi connectivity index (χ1) is 7.77. The molecule has 0 saturated carbocycles. The summed E-state index contributed by atoms with van der Waals surface area (Å²) in [5.74, 6) is 0.387. The minimum absolute atomic E-state index is 0.387. The van der Waals surface area contributed by atoms with Crippen molar-refractivity contribution in [3.8, 4) is 10.6 Å². The summed E-state index contributed by atoms with van der Waals surface area (Å²) in [6.45, 7) is 4.12. The van der Waals surface area contributed by atoms with Gasteiger partial charge in [0.2, 0.25) is 0 Å². The first kappa shape index (κ1) is 10.6. The maximum absolute atomic E-state index is 11.0. The number of aromatic nitrogens is 2. The van der Waals surface area contributed by atoms with Crippen LogP contribution >= 0.6 is 11.3 Å². The molecule has 0 spiro atoms. The highest BCUT2D eigenvalue weighted by atomic mass is 32.1. The summed E-state index contributed by atoms with van der Waals surface area (Å²) < 4.78 is 1.58. The first-order valence-electron chi connectivity index (χ1n) is 4.74. The summed E-state index contributed by atoms with van der Waals surface area (Å²) in [5.41, 5.74) is 6.92. The number of rotatable bonds is 4. The number of thiophene rings is 1. The van der Waals surface area contributed by atoms with E-state index in [1.54, 1.807) is 10.8 Å². The van der Waals surface area contributed by atoms with E-state index in [-0.39, 0.29) is 0 Å². The predicted molar refractivity (Wildman–Crippen MR) is 65.5 cm³/mol. The molecule has 2 aromatic heterocycles. The van der Waals surface area contributed by atoms with Crippen LogP contribution in [0.5, 0.6) is 0 Å². The summed E-state index contributed by atoms with van der Waals surface area (Å²) in [5, 5.41) is 6.25. The van der Waals surface area contributed by atoms with E-state index in [1.807, 2.05) is 17.5 Å². The Morgan fingerprint density at radius 3 is 3.00 bits per heavy atom. The molecule has 0 unspecified atom stereocenters. The van der Waals surface area contributed by atoms with E-state index >= 15 is 0 Å². The van der Waals surface area contributed by atoms with Gasteiger partial charge in [0.1, 0.15) is 11.5 Å². The van der Waals surface area contributed by atoms with Gasteiger partial charge in [0.05, 0.1) is 17.0 Å². The van der Waals surface area contributed by atoms with Gasteiger partial charge >= 0.3 is 0 Å². The Morgan fingerprint density at radius 2 is 2.44 bits per heavy atom. The highest BCUT2D eigenvalue weighted by Gasteiger charge is 2.16. The van der Waals surface area contributed by atoms with Gasteiger partial charge in [-0.3, -0.25) is 4.79 Å². The molecule has 0 fully saturated rings. The molecule has 0 aliphatic rings. The lowest BCUT2D eigenvalue weighted by Gasteiger charge is -1.97. The third-order valence-electron chi connectivity index (χ3n) is 2.20. The molecule has 82 valence electrons. The molecule has 0 bridgehead atoms. The number of nitrogen functional groups attached to an aromatic ring is 1. The van der Waals surface area contributed by atoms with Crippen molar-refractivity contribution in [2.24, 2.45) is 0 Å². The van der Waals surface area contributed by atoms with E-state index in [1.165, 1.54) is 11.3 Å². The molecule has 16 heavy (non-hydrogen) atoms. The van der Waals surface area contributed by atoms with Crippen molar-refractivity contribution in [3.63, 3.8) is 0 Å². The molecule has 2 N–H and O–H groups in total. The van der Waals surface area contributed by atoms with Crippen LogP contribution in [0.4, 0.5) is 5.82 Å².